The lowest BCUT2D eigenvalue weighted by Crippen LogP contribution is -2.14. The van der Waals surface area contributed by atoms with Gasteiger partial charge in [-0.25, -0.2) is 4.98 Å². The number of hydrogen-bond donors (Lipinski definition) is 1. The van der Waals surface area contributed by atoms with Crippen LogP contribution in [0, 0.1) is 6.92 Å². The molecule has 0 saturated heterocycles. The quantitative estimate of drug-likeness (QED) is 0.631. The Balaban J connectivity index is 1.63. The molecule has 0 aliphatic rings. The summed E-state index contributed by atoms with van der Waals surface area (Å²) in [7, 11) is 0. The van der Waals surface area contributed by atoms with Gasteiger partial charge in [0.1, 0.15) is 0 Å². The van der Waals surface area contributed by atoms with Gasteiger partial charge in [0, 0.05) is 28.2 Å². The third-order valence-corrected chi connectivity index (χ3v) is 4.87. The van der Waals surface area contributed by atoms with E-state index in [0.717, 1.165) is 21.0 Å². The molecule has 0 fully saturated rings. The van der Waals surface area contributed by atoms with Crippen molar-refractivity contribution >= 4 is 39.3 Å². The number of carbonyl (C=O) groups is 1. The molecule has 0 atom stereocenters. The average molecular weight is 402 g/mol. The smallest absolute Gasteiger partial charge is 0.234 e. The lowest BCUT2D eigenvalue weighted by atomic mass is 10.2. The van der Waals surface area contributed by atoms with E-state index in [0.29, 0.717) is 5.75 Å². The molecule has 24 heavy (non-hydrogen) atoms. The van der Waals surface area contributed by atoms with Crippen LogP contribution in [0.1, 0.15) is 5.56 Å². The maximum Gasteiger partial charge on any atom is 0.234 e. The van der Waals surface area contributed by atoms with Gasteiger partial charge in [0.05, 0.1) is 5.75 Å². The molecule has 0 saturated carbocycles. The van der Waals surface area contributed by atoms with Gasteiger partial charge in [-0.05, 0) is 43.3 Å². The number of anilines is 1. The van der Waals surface area contributed by atoms with Crippen LogP contribution in [-0.4, -0.2) is 21.2 Å². The Morgan fingerprint density at radius 1 is 1.17 bits per heavy atom. The first-order valence-electron chi connectivity index (χ1n) is 7.40. The minimum Gasteiger partial charge on any atom is -0.325 e. The summed E-state index contributed by atoms with van der Waals surface area (Å²) in [5.41, 5.74) is 2.98. The highest BCUT2D eigenvalue weighted by molar-refractivity contribution is 9.10. The number of imidazole rings is 1. The largest absolute Gasteiger partial charge is 0.325 e. The highest BCUT2D eigenvalue weighted by Crippen LogP contribution is 2.22. The van der Waals surface area contributed by atoms with E-state index in [4.69, 9.17) is 0 Å². The van der Waals surface area contributed by atoms with Gasteiger partial charge in [-0.15, -0.1) is 0 Å². The summed E-state index contributed by atoms with van der Waals surface area (Å²) in [6, 6.07) is 15.7. The maximum absolute atomic E-state index is 12.1. The Morgan fingerprint density at radius 3 is 2.58 bits per heavy atom. The molecule has 0 radical (unpaired) electrons. The standard InChI is InChI=1S/C18H16BrN3OS/c1-13-2-6-15(7-3-13)21-17(23)12-24-18-20-10-11-22(18)16-8-4-14(19)5-9-16/h2-11H,12H2,1H3,(H,21,23). The molecule has 0 bridgehead atoms. The van der Waals surface area contributed by atoms with Crippen LogP contribution in [0.5, 0.6) is 0 Å². The molecule has 3 rings (SSSR count). The van der Waals surface area contributed by atoms with E-state index in [1.165, 1.54) is 17.3 Å². The Labute approximate surface area is 153 Å². The van der Waals surface area contributed by atoms with Crippen LogP contribution < -0.4 is 5.32 Å². The third-order valence-electron chi connectivity index (χ3n) is 3.38. The summed E-state index contributed by atoms with van der Waals surface area (Å²) in [5, 5.41) is 3.68. The average Bonchev–Trinajstić information content (AvgIpc) is 3.04. The number of halogens is 1. The third kappa shape index (κ3) is 4.27. The minimum atomic E-state index is -0.0470. The molecule has 122 valence electrons. The second-order valence-corrected chi connectivity index (χ2v) is 7.12. The fourth-order valence-corrected chi connectivity index (χ4v) is 3.20. The fourth-order valence-electron chi connectivity index (χ4n) is 2.16. The number of rotatable bonds is 5. The van der Waals surface area contributed by atoms with Crippen LogP contribution in [0.3, 0.4) is 0 Å². The van der Waals surface area contributed by atoms with E-state index in [9.17, 15) is 4.79 Å². The zero-order valence-corrected chi connectivity index (χ0v) is 15.5. The molecule has 0 aliphatic heterocycles. The normalized spacial score (nSPS) is 10.6. The van der Waals surface area contributed by atoms with E-state index < -0.39 is 0 Å². The molecule has 1 amide bonds. The summed E-state index contributed by atoms with van der Waals surface area (Å²) < 4.78 is 2.99. The van der Waals surface area contributed by atoms with Gasteiger partial charge in [-0.2, -0.15) is 0 Å². The second kappa shape index (κ2) is 7.68. The number of nitrogens with zero attached hydrogens (tertiary/aromatic N) is 2. The van der Waals surface area contributed by atoms with E-state index >= 15 is 0 Å². The molecule has 1 N–H and O–H groups in total. The van der Waals surface area contributed by atoms with Crippen LogP contribution in [-0.2, 0) is 4.79 Å². The van der Waals surface area contributed by atoms with Gasteiger partial charge in [-0.3, -0.25) is 9.36 Å². The topological polar surface area (TPSA) is 46.9 Å². The highest BCUT2D eigenvalue weighted by atomic mass is 79.9. The van der Waals surface area contributed by atoms with Crippen molar-refractivity contribution in [1.29, 1.82) is 0 Å². The van der Waals surface area contributed by atoms with Gasteiger partial charge < -0.3 is 5.32 Å². The number of thioether (sulfide) groups is 1. The van der Waals surface area contributed by atoms with Crippen molar-refractivity contribution in [3.05, 3.63) is 71.0 Å². The Bertz CT molecular complexity index is 828. The van der Waals surface area contributed by atoms with E-state index in [1.807, 2.05) is 66.2 Å². The monoisotopic (exact) mass is 401 g/mol. The van der Waals surface area contributed by atoms with Crippen molar-refractivity contribution in [3.63, 3.8) is 0 Å². The van der Waals surface area contributed by atoms with Gasteiger partial charge in [-0.1, -0.05) is 45.4 Å². The molecule has 2 aromatic carbocycles. The van der Waals surface area contributed by atoms with Gasteiger partial charge in [0.25, 0.3) is 0 Å². The number of carbonyl (C=O) groups excluding carboxylic acids is 1. The number of aryl methyl sites for hydroxylation is 1. The van der Waals surface area contributed by atoms with Crippen molar-refractivity contribution < 1.29 is 4.79 Å². The second-order valence-electron chi connectivity index (χ2n) is 5.26. The van der Waals surface area contributed by atoms with Gasteiger partial charge in [0.15, 0.2) is 5.16 Å². The van der Waals surface area contributed by atoms with Crippen LogP contribution in [0.25, 0.3) is 5.69 Å². The Hall–Kier alpha value is -2.05. The minimum absolute atomic E-state index is 0.0470. The van der Waals surface area contributed by atoms with E-state index in [-0.39, 0.29) is 5.91 Å². The lowest BCUT2D eigenvalue weighted by molar-refractivity contribution is -0.113. The summed E-state index contributed by atoms with van der Waals surface area (Å²) >= 11 is 4.84. The number of aromatic nitrogens is 2. The van der Waals surface area contributed by atoms with E-state index in [1.54, 1.807) is 6.20 Å². The fraction of sp³-hybridized carbons (Fsp3) is 0.111. The van der Waals surface area contributed by atoms with Crippen molar-refractivity contribution in [2.45, 2.75) is 12.1 Å². The molecular weight excluding hydrogens is 386 g/mol. The zero-order chi connectivity index (χ0) is 16.9. The van der Waals surface area contributed by atoms with E-state index in [2.05, 4.69) is 26.2 Å². The van der Waals surface area contributed by atoms with Crippen LogP contribution in [0.4, 0.5) is 5.69 Å². The van der Waals surface area contributed by atoms with Gasteiger partial charge in [0.2, 0.25) is 5.91 Å². The molecular formula is C18H16BrN3OS. The van der Waals surface area contributed by atoms with Crippen LogP contribution in [0.15, 0.2) is 70.6 Å². The predicted molar refractivity (Wildman–Crippen MR) is 102 cm³/mol. The predicted octanol–water partition coefficient (Wildman–Crippen LogP) is 4.67. The Morgan fingerprint density at radius 2 is 1.88 bits per heavy atom. The van der Waals surface area contributed by atoms with Crippen molar-refractivity contribution in [2.24, 2.45) is 0 Å². The van der Waals surface area contributed by atoms with Crippen molar-refractivity contribution in [2.75, 3.05) is 11.1 Å². The van der Waals surface area contributed by atoms with Gasteiger partial charge >= 0.3 is 0 Å². The first-order chi connectivity index (χ1) is 11.6. The zero-order valence-electron chi connectivity index (χ0n) is 13.1. The molecule has 0 spiro atoms. The van der Waals surface area contributed by atoms with Crippen molar-refractivity contribution in [1.82, 2.24) is 9.55 Å². The first-order valence-corrected chi connectivity index (χ1v) is 9.18. The molecule has 1 heterocycles. The number of benzene rings is 2. The molecule has 0 unspecified atom stereocenters. The number of nitrogens with one attached hydrogen (secondary N) is 1. The summed E-state index contributed by atoms with van der Waals surface area (Å²) in [6.07, 6.45) is 3.63. The van der Waals surface area contributed by atoms with Crippen LogP contribution >= 0.6 is 27.7 Å². The molecule has 6 heteroatoms. The SMILES string of the molecule is Cc1ccc(NC(=O)CSc2nccn2-c2ccc(Br)cc2)cc1. The maximum atomic E-state index is 12.1. The summed E-state index contributed by atoms with van der Waals surface area (Å²) in [4.78, 5) is 16.4. The summed E-state index contributed by atoms with van der Waals surface area (Å²) in [6.45, 7) is 2.02. The highest BCUT2D eigenvalue weighted by Gasteiger charge is 2.09. The lowest BCUT2D eigenvalue weighted by Gasteiger charge is -2.08. The molecule has 0 aliphatic carbocycles. The first kappa shape index (κ1) is 16.8. The molecule has 3 aromatic rings. The number of amides is 1. The number of hydrogen-bond acceptors (Lipinski definition) is 3. The molecule has 4 nitrogen and oxygen atoms in total. The Kier molecular flexibility index (Phi) is 5.37. The molecule has 1 aromatic heterocycles. The van der Waals surface area contributed by atoms with Crippen molar-refractivity contribution in [3.8, 4) is 5.69 Å². The van der Waals surface area contributed by atoms with Crippen LogP contribution in [0.2, 0.25) is 0 Å². The summed E-state index contributed by atoms with van der Waals surface area (Å²) in [5.74, 6) is 0.260.